The number of carbonyl (C=O) groups is 1. The number of methoxy groups -OCH3 is 1. The number of aromatic nitrogens is 2. The quantitative estimate of drug-likeness (QED) is 0.364. The number of thioether (sulfide) groups is 1. The van der Waals surface area contributed by atoms with Crippen molar-refractivity contribution in [1.29, 1.82) is 0 Å². The molecule has 180 valence electrons. The van der Waals surface area contributed by atoms with Crippen LogP contribution in [-0.2, 0) is 14.6 Å². The molecule has 1 atom stereocenters. The molecule has 1 amide bonds. The zero-order chi connectivity index (χ0) is 24.7. The van der Waals surface area contributed by atoms with Crippen LogP contribution in [0, 0.1) is 0 Å². The summed E-state index contributed by atoms with van der Waals surface area (Å²) in [6.45, 7) is 0. The molecule has 9 nitrogen and oxygen atoms in total. The lowest BCUT2D eigenvalue weighted by atomic mass is 10.2. The Morgan fingerprint density at radius 1 is 1.14 bits per heavy atom. The first-order valence-electron chi connectivity index (χ1n) is 10.6. The molecule has 0 bridgehead atoms. The van der Waals surface area contributed by atoms with Crippen LogP contribution >= 0.6 is 24.0 Å². The van der Waals surface area contributed by atoms with Gasteiger partial charge in [0.1, 0.15) is 15.5 Å². The van der Waals surface area contributed by atoms with E-state index in [0.29, 0.717) is 23.6 Å². The van der Waals surface area contributed by atoms with Gasteiger partial charge in [-0.2, -0.15) is 4.98 Å². The highest BCUT2D eigenvalue weighted by Gasteiger charge is 2.42. The van der Waals surface area contributed by atoms with E-state index in [1.54, 1.807) is 48.7 Å². The number of carbonyl (C=O) groups excluding carboxylic acids is 1. The molecular weight excluding hydrogens is 510 g/mol. The third-order valence-electron chi connectivity index (χ3n) is 5.68. The van der Waals surface area contributed by atoms with Crippen LogP contribution in [0.2, 0.25) is 0 Å². The van der Waals surface area contributed by atoms with Gasteiger partial charge in [-0.3, -0.25) is 18.9 Å². The Morgan fingerprint density at radius 2 is 1.89 bits per heavy atom. The number of hydrogen-bond donors (Lipinski definition) is 0. The molecule has 0 N–H and O–H groups in total. The number of amides is 1. The highest BCUT2D eigenvalue weighted by atomic mass is 32.2. The van der Waals surface area contributed by atoms with E-state index >= 15 is 0 Å². The SMILES string of the molecule is COc1ccccc1Oc1nc2ccccn2c(=O)c1/C=C1/SC(=S)N(C2CCS(=O)(=O)C2)C1=O. The molecule has 0 aliphatic carbocycles. The first kappa shape index (κ1) is 23.5. The largest absolute Gasteiger partial charge is 0.493 e. The van der Waals surface area contributed by atoms with Crippen LogP contribution in [0.3, 0.4) is 0 Å². The molecule has 1 unspecified atom stereocenters. The number of thiocarbonyl (C=S) groups is 1. The Labute approximate surface area is 210 Å². The summed E-state index contributed by atoms with van der Waals surface area (Å²) in [6, 6.07) is 11.5. The predicted molar refractivity (Wildman–Crippen MR) is 137 cm³/mol. The second-order valence-electron chi connectivity index (χ2n) is 7.93. The van der Waals surface area contributed by atoms with Gasteiger partial charge in [-0.1, -0.05) is 42.2 Å². The number of benzene rings is 1. The first-order chi connectivity index (χ1) is 16.8. The van der Waals surface area contributed by atoms with Gasteiger partial charge in [-0.15, -0.1) is 0 Å². The van der Waals surface area contributed by atoms with E-state index in [-0.39, 0.29) is 32.2 Å². The number of fused-ring (bicyclic) bond motifs is 1. The Morgan fingerprint density at radius 3 is 2.60 bits per heavy atom. The fraction of sp³-hybridized carbons (Fsp3) is 0.217. The van der Waals surface area contributed by atoms with Gasteiger partial charge < -0.3 is 9.47 Å². The van der Waals surface area contributed by atoms with Gasteiger partial charge in [0.2, 0.25) is 5.88 Å². The Bertz CT molecular complexity index is 1560. The highest BCUT2D eigenvalue weighted by Crippen LogP contribution is 2.38. The molecule has 12 heteroatoms. The number of ether oxygens (including phenoxy) is 2. The van der Waals surface area contributed by atoms with Crippen LogP contribution in [-0.4, -0.2) is 57.6 Å². The number of hydrogen-bond acceptors (Lipinski definition) is 9. The molecule has 2 saturated heterocycles. The van der Waals surface area contributed by atoms with Gasteiger partial charge in [0, 0.05) is 6.20 Å². The molecule has 2 aromatic heterocycles. The van der Waals surface area contributed by atoms with Crippen LogP contribution < -0.4 is 15.0 Å². The molecule has 2 fully saturated rings. The molecule has 0 saturated carbocycles. The van der Waals surface area contributed by atoms with Crippen molar-refractivity contribution >= 4 is 55.8 Å². The second-order valence-corrected chi connectivity index (χ2v) is 11.8. The standard InChI is InChI=1S/C23H19N3O6S3/c1-31-16-6-2-3-7-17(16)32-20-15(21(27)25-10-5-4-8-19(25)24-20)12-18-22(28)26(23(33)34-18)14-9-11-35(29,30)13-14/h2-8,10,12,14H,9,11,13H2,1H3/b18-12+. The molecular formula is C23H19N3O6S3. The van der Waals surface area contributed by atoms with E-state index < -0.39 is 27.3 Å². The summed E-state index contributed by atoms with van der Waals surface area (Å²) in [7, 11) is -1.71. The molecule has 0 spiro atoms. The fourth-order valence-corrected chi connectivity index (χ4v) is 7.08. The summed E-state index contributed by atoms with van der Waals surface area (Å²) in [5.74, 6) is 0.237. The van der Waals surface area contributed by atoms with E-state index in [4.69, 9.17) is 21.7 Å². The van der Waals surface area contributed by atoms with Gasteiger partial charge in [-0.25, -0.2) is 8.42 Å². The molecule has 4 heterocycles. The topological polar surface area (TPSA) is 107 Å². The van der Waals surface area contributed by atoms with Gasteiger partial charge in [0.05, 0.1) is 29.6 Å². The minimum Gasteiger partial charge on any atom is -0.493 e. The first-order valence-corrected chi connectivity index (χ1v) is 13.6. The lowest BCUT2D eigenvalue weighted by Gasteiger charge is -2.20. The maximum atomic E-state index is 13.4. The van der Waals surface area contributed by atoms with Crippen molar-refractivity contribution in [3.8, 4) is 17.4 Å². The predicted octanol–water partition coefficient (Wildman–Crippen LogP) is 2.88. The number of nitrogens with zero attached hydrogens (tertiary/aromatic N) is 3. The van der Waals surface area contributed by atoms with Crippen molar-refractivity contribution in [2.75, 3.05) is 18.6 Å². The summed E-state index contributed by atoms with van der Waals surface area (Å²) in [5, 5.41) is 0. The summed E-state index contributed by atoms with van der Waals surface area (Å²) in [4.78, 5) is 32.7. The fourth-order valence-electron chi connectivity index (χ4n) is 4.00. The van der Waals surface area contributed by atoms with Crippen LogP contribution in [0.4, 0.5) is 0 Å². The summed E-state index contributed by atoms with van der Waals surface area (Å²) in [5.41, 5.74) is -0.0170. The van der Waals surface area contributed by atoms with E-state index in [0.717, 1.165) is 11.8 Å². The summed E-state index contributed by atoms with van der Waals surface area (Å²) in [6.07, 6.45) is 3.30. The van der Waals surface area contributed by atoms with Crippen LogP contribution in [0.5, 0.6) is 17.4 Å². The summed E-state index contributed by atoms with van der Waals surface area (Å²) >= 11 is 6.41. The van der Waals surface area contributed by atoms with Crippen molar-refractivity contribution in [3.05, 3.63) is 69.5 Å². The smallest absolute Gasteiger partial charge is 0.269 e. The van der Waals surface area contributed by atoms with Crippen molar-refractivity contribution < 1.29 is 22.7 Å². The molecule has 3 aromatic rings. The number of pyridine rings is 1. The molecule has 1 aromatic carbocycles. The minimum atomic E-state index is -3.21. The number of sulfone groups is 1. The van der Waals surface area contributed by atoms with Crippen molar-refractivity contribution in [2.45, 2.75) is 12.5 Å². The Balaban J connectivity index is 1.60. The van der Waals surface area contributed by atoms with Crippen LogP contribution in [0.15, 0.2) is 58.4 Å². The molecule has 35 heavy (non-hydrogen) atoms. The van der Waals surface area contributed by atoms with E-state index in [1.807, 2.05) is 0 Å². The average molecular weight is 530 g/mol. The maximum absolute atomic E-state index is 13.4. The van der Waals surface area contributed by atoms with Gasteiger partial charge in [-0.05, 0) is 36.8 Å². The van der Waals surface area contributed by atoms with Crippen molar-refractivity contribution in [1.82, 2.24) is 14.3 Å². The van der Waals surface area contributed by atoms with E-state index in [2.05, 4.69) is 4.98 Å². The third kappa shape index (κ3) is 4.44. The molecule has 0 radical (unpaired) electrons. The summed E-state index contributed by atoms with van der Waals surface area (Å²) < 4.78 is 36.8. The Kier molecular flexibility index (Phi) is 6.11. The maximum Gasteiger partial charge on any atom is 0.269 e. The normalized spacial score (nSPS) is 20.7. The average Bonchev–Trinajstić information content (AvgIpc) is 3.33. The van der Waals surface area contributed by atoms with Gasteiger partial charge in [0.15, 0.2) is 21.3 Å². The number of para-hydroxylation sites is 2. The zero-order valence-electron chi connectivity index (χ0n) is 18.4. The van der Waals surface area contributed by atoms with Crippen LogP contribution in [0.25, 0.3) is 11.7 Å². The van der Waals surface area contributed by atoms with Gasteiger partial charge in [0.25, 0.3) is 11.5 Å². The number of rotatable bonds is 5. The third-order valence-corrected chi connectivity index (χ3v) is 8.76. The monoisotopic (exact) mass is 529 g/mol. The van der Waals surface area contributed by atoms with Crippen LogP contribution in [0.1, 0.15) is 12.0 Å². The second kappa shape index (κ2) is 9.10. The molecule has 2 aliphatic heterocycles. The van der Waals surface area contributed by atoms with Gasteiger partial charge >= 0.3 is 0 Å². The highest BCUT2D eigenvalue weighted by molar-refractivity contribution is 8.26. The zero-order valence-corrected chi connectivity index (χ0v) is 20.9. The molecule has 2 aliphatic rings. The lowest BCUT2D eigenvalue weighted by Crippen LogP contribution is -2.39. The minimum absolute atomic E-state index is 0.000544. The molecule has 5 rings (SSSR count). The van der Waals surface area contributed by atoms with E-state index in [1.165, 1.54) is 22.5 Å². The van der Waals surface area contributed by atoms with Crippen molar-refractivity contribution in [2.24, 2.45) is 0 Å². The van der Waals surface area contributed by atoms with E-state index in [9.17, 15) is 18.0 Å². The Hall–Kier alpha value is -3.22. The van der Waals surface area contributed by atoms with Crippen molar-refractivity contribution in [3.63, 3.8) is 0 Å². The lowest BCUT2D eigenvalue weighted by molar-refractivity contribution is -0.123.